The third-order valence-corrected chi connectivity index (χ3v) is 4.02. The Balaban J connectivity index is 1.84. The highest BCUT2D eigenvalue weighted by Gasteiger charge is 2.08. The van der Waals surface area contributed by atoms with Gasteiger partial charge in [-0.15, -0.1) is 10.2 Å². The molecule has 5 heteroatoms. The van der Waals surface area contributed by atoms with Crippen molar-refractivity contribution < 1.29 is 0 Å². The zero-order chi connectivity index (χ0) is 13.9. The number of nitrogens with zero attached hydrogens (tertiary/aromatic N) is 2. The summed E-state index contributed by atoms with van der Waals surface area (Å²) >= 11 is 7.40. The Morgan fingerprint density at radius 3 is 2.50 bits per heavy atom. The zero-order valence-electron chi connectivity index (χ0n) is 10.8. The molecule has 0 unspecified atom stereocenters. The molecule has 3 nitrogen and oxygen atoms in total. The minimum atomic E-state index is 0.716. The van der Waals surface area contributed by atoms with Crippen molar-refractivity contribution in [1.29, 1.82) is 0 Å². The molecule has 1 N–H and O–H groups in total. The van der Waals surface area contributed by atoms with E-state index in [0.717, 1.165) is 21.4 Å². The summed E-state index contributed by atoms with van der Waals surface area (Å²) < 4.78 is 0. The first-order chi connectivity index (χ1) is 9.72. The zero-order valence-corrected chi connectivity index (χ0v) is 12.4. The van der Waals surface area contributed by atoms with Crippen molar-refractivity contribution in [2.75, 3.05) is 5.32 Å². The molecule has 20 heavy (non-hydrogen) atoms. The lowest BCUT2D eigenvalue weighted by Gasteiger charge is -2.01. The second-order valence-corrected chi connectivity index (χ2v) is 5.77. The van der Waals surface area contributed by atoms with Crippen molar-refractivity contribution in [3.8, 4) is 10.6 Å². The van der Waals surface area contributed by atoms with Gasteiger partial charge in [-0.2, -0.15) is 0 Å². The van der Waals surface area contributed by atoms with Gasteiger partial charge in [0.05, 0.1) is 0 Å². The standard InChI is InChI=1S/C15H12ClN3S/c1-10-4-2-3-5-13(10)14-18-19-15(20-14)17-12-8-6-11(16)7-9-12/h2-9H,1H3,(H,17,19). The quantitative estimate of drug-likeness (QED) is 0.747. The van der Waals surface area contributed by atoms with Gasteiger partial charge in [0.15, 0.2) is 0 Å². The highest BCUT2D eigenvalue weighted by Crippen LogP contribution is 2.30. The number of hydrogen-bond acceptors (Lipinski definition) is 4. The molecule has 3 rings (SSSR count). The van der Waals surface area contributed by atoms with Crippen molar-refractivity contribution in [1.82, 2.24) is 10.2 Å². The number of halogens is 1. The van der Waals surface area contributed by atoms with Crippen molar-refractivity contribution in [2.45, 2.75) is 6.92 Å². The molecule has 0 fully saturated rings. The van der Waals surface area contributed by atoms with E-state index in [-0.39, 0.29) is 0 Å². The van der Waals surface area contributed by atoms with Crippen LogP contribution in [0.2, 0.25) is 5.02 Å². The molecule has 0 aliphatic rings. The summed E-state index contributed by atoms with van der Waals surface area (Å²) in [5.74, 6) is 0. The fourth-order valence-electron chi connectivity index (χ4n) is 1.85. The predicted molar refractivity (Wildman–Crippen MR) is 84.8 cm³/mol. The number of benzene rings is 2. The summed E-state index contributed by atoms with van der Waals surface area (Å²) in [6.07, 6.45) is 0. The molecule has 2 aromatic carbocycles. The van der Waals surface area contributed by atoms with Crippen LogP contribution in [0.15, 0.2) is 48.5 Å². The molecule has 0 saturated carbocycles. The second-order valence-electron chi connectivity index (χ2n) is 4.36. The number of aromatic nitrogens is 2. The predicted octanol–water partition coefficient (Wildman–Crippen LogP) is 4.91. The first-order valence-electron chi connectivity index (χ1n) is 6.14. The molecular weight excluding hydrogens is 290 g/mol. The van der Waals surface area contributed by atoms with Crippen LogP contribution < -0.4 is 5.32 Å². The van der Waals surface area contributed by atoms with Crippen molar-refractivity contribution in [3.63, 3.8) is 0 Å². The molecule has 0 atom stereocenters. The average Bonchev–Trinajstić information content (AvgIpc) is 2.90. The number of anilines is 2. The molecule has 100 valence electrons. The van der Waals surface area contributed by atoms with Crippen LogP contribution in [0.3, 0.4) is 0 Å². The number of rotatable bonds is 3. The Morgan fingerprint density at radius 2 is 1.75 bits per heavy atom. The molecule has 0 radical (unpaired) electrons. The van der Waals surface area contributed by atoms with Crippen LogP contribution >= 0.6 is 22.9 Å². The molecule has 0 aliphatic heterocycles. The van der Waals surface area contributed by atoms with E-state index in [1.807, 2.05) is 36.4 Å². The van der Waals surface area contributed by atoms with Gasteiger partial charge in [-0.1, -0.05) is 47.2 Å². The maximum absolute atomic E-state index is 5.86. The van der Waals surface area contributed by atoms with E-state index in [4.69, 9.17) is 11.6 Å². The van der Waals surface area contributed by atoms with E-state index in [1.165, 1.54) is 16.9 Å². The molecule has 0 saturated heterocycles. The van der Waals surface area contributed by atoms with Crippen molar-refractivity contribution >= 4 is 33.8 Å². The minimum Gasteiger partial charge on any atom is -0.330 e. The smallest absolute Gasteiger partial charge is 0.210 e. The molecule has 0 amide bonds. The van der Waals surface area contributed by atoms with Crippen LogP contribution in [0.5, 0.6) is 0 Å². The van der Waals surface area contributed by atoms with Crippen LogP contribution in [-0.4, -0.2) is 10.2 Å². The summed E-state index contributed by atoms with van der Waals surface area (Å²) in [4.78, 5) is 0. The monoisotopic (exact) mass is 301 g/mol. The summed E-state index contributed by atoms with van der Waals surface area (Å²) in [5, 5.41) is 14.0. The lowest BCUT2D eigenvalue weighted by atomic mass is 10.1. The van der Waals surface area contributed by atoms with Gasteiger partial charge < -0.3 is 5.32 Å². The number of hydrogen-bond donors (Lipinski definition) is 1. The van der Waals surface area contributed by atoms with Gasteiger partial charge in [0.2, 0.25) is 5.13 Å². The first kappa shape index (κ1) is 13.1. The van der Waals surface area contributed by atoms with Crippen LogP contribution in [-0.2, 0) is 0 Å². The molecule has 1 heterocycles. The number of nitrogens with one attached hydrogen (secondary N) is 1. The lowest BCUT2D eigenvalue weighted by molar-refractivity contribution is 1.10. The van der Waals surface area contributed by atoms with Gasteiger partial charge in [0.25, 0.3) is 0 Å². The maximum atomic E-state index is 5.86. The first-order valence-corrected chi connectivity index (χ1v) is 7.34. The maximum Gasteiger partial charge on any atom is 0.210 e. The molecule has 0 spiro atoms. The third kappa shape index (κ3) is 2.81. The fourth-order valence-corrected chi connectivity index (χ4v) is 2.83. The summed E-state index contributed by atoms with van der Waals surface area (Å²) in [5.41, 5.74) is 3.26. The second kappa shape index (κ2) is 5.61. The Kier molecular flexibility index (Phi) is 3.67. The highest BCUT2D eigenvalue weighted by molar-refractivity contribution is 7.18. The number of aryl methyl sites for hydroxylation is 1. The third-order valence-electron chi connectivity index (χ3n) is 2.90. The van der Waals surface area contributed by atoms with Crippen LogP contribution in [0.1, 0.15) is 5.56 Å². The van der Waals surface area contributed by atoms with Gasteiger partial charge in [-0.05, 0) is 36.8 Å². The average molecular weight is 302 g/mol. The van der Waals surface area contributed by atoms with E-state index in [2.05, 4.69) is 34.6 Å². The van der Waals surface area contributed by atoms with E-state index >= 15 is 0 Å². The van der Waals surface area contributed by atoms with E-state index in [9.17, 15) is 0 Å². The largest absolute Gasteiger partial charge is 0.330 e. The SMILES string of the molecule is Cc1ccccc1-c1nnc(Nc2ccc(Cl)cc2)s1. The summed E-state index contributed by atoms with van der Waals surface area (Å²) in [6, 6.07) is 15.7. The highest BCUT2D eigenvalue weighted by atomic mass is 35.5. The van der Waals surface area contributed by atoms with Gasteiger partial charge >= 0.3 is 0 Å². The van der Waals surface area contributed by atoms with Crippen LogP contribution in [0, 0.1) is 6.92 Å². The van der Waals surface area contributed by atoms with E-state index in [1.54, 1.807) is 0 Å². The van der Waals surface area contributed by atoms with Crippen molar-refractivity contribution in [2.24, 2.45) is 0 Å². The molecule has 0 bridgehead atoms. The topological polar surface area (TPSA) is 37.8 Å². The van der Waals surface area contributed by atoms with Crippen molar-refractivity contribution in [3.05, 3.63) is 59.1 Å². The lowest BCUT2D eigenvalue weighted by Crippen LogP contribution is -1.88. The van der Waals surface area contributed by atoms with Gasteiger partial charge in [-0.25, -0.2) is 0 Å². The van der Waals surface area contributed by atoms with Gasteiger partial charge in [-0.3, -0.25) is 0 Å². The Morgan fingerprint density at radius 1 is 1.00 bits per heavy atom. The Bertz CT molecular complexity index is 722. The Hall–Kier alpha value is -1.91. The normalized spacial score (nSPS) is 10.5. The summed E-state index contributed by atoms with van der Waals surface area (Å²) in [6.45, 7) is 2.07. The molecular formula is C15H12ClN3S. The Labute approximate surface area is 126 Å². The molecule has 0 aliphatic carbocycles. The van der Waals surface area contributed by atoms with E-state index in [0.29, 0.717) is 5.02 Å². The minimum absolute atomic E-state index is 0.716. The van der Waals surface area contributed by atoms with Crippen LogP contribution in [0.25, 0.3) is 10.6 Å². The fraction of sp³-hybridized carbons (Fsp3) is 0.0667. The van der Waals surface area contributed by atoms with Gasteiger partial charge in [0, 0.05) is 16.3 Å². The van der Waals surface area contributed by atoms with E-state index < -0.39 is 0 Å². The summed E-state index contributed by atoms with van der Waals surface area (Å²) in [7, 11) is 0. The van der Waals surface area contributed by atoms with Crippen LogP contribution in [0.4, 0.5) is 10.8 Å². The molecule has 1 aromatic heterocycles. The molecule has 3 aromatic rings. The van der Waals surface area contributed by atoms with Gasteiger partial charge in [0.1, 0.15) is 5.01 Å².